The van der Waals surface area contributed by atoms with Crippen LogP contribution in [-0.4, -0.2) is 37.0 Å². The molecule has 0 N–H and O–H groups in total. The summed E-state index contributed by atoms with van der Waals surface area (Å²) in [6.07, 6.45) is 1.37. The van der Waals surface area contributed by atoms with E-state index in [0.717, 1.165) is 4.90 Å². The van der Waals surface area contributed by atoms with E-state index in [4.69, 9.17) is 30.8 Å². The summed E-state index contributed by atoms with van der Waals surface area (Å²) in [6, 6.07) is 7.80. The number of ether oxygens (including phenoxy) is 2. The summed E-state index contributed by atoms with van der Waals surface area (Å²) in [5, 5.41) is 9.04. The zero-order valence-corrected chi connectivity index (χ0v) is 14.4. The van der Waals surface area contributed by atoms with Crippen LogP contribution in [0.1, 0.15) is 23.0 Å². The van der Waals surface area contributed by atoms with Crippen molar-refractivity contribution in [2.75, 3.05) is 20.2 Å². The van der Waals surface area contributed by atoms with Crippen LogP contribution in [0.4, 0.5) is 0 Å². The van der Waals surface area contributed by atoms with Crippen LogP contribution in [0.15, 0.2) is 34.9 Å². The Morgan fingerprint density at radius 1 is 1.40 bits per heavy atom. The van der Waals surface area contributed by atoms with E-state index in [1.807, 2.05) is 6.07 Å². The van der Waals surface area contributed by atoms with Gasteiger partial charge in [-0.3, -0.25) is 4.79 Å². The van der Waals surface area contributed by atoms with Crippen LogP contribution < -0.4 is 9.47 Å². The SMILES string of the molecule is CCOc1cc(C#N)cc(Cl)c1OC(=O)CN(C)C(=O)c1ccco1. The molecule has 0 unspecified atom stereocenters. The summed E-state index contributed by atoms with van der Waals surface area (Å²) in [6.45, 7) is 1.72. The fourth-order valence-electron chi connectivity index (χ4n) is 1.99. The van der Waals surface area contributed by atoms with E-state index in [-0.39, 0.29) is 34.4 Å². The van der Waals surface area contributed by atoms with Crippen molar-refractivity contribution in [2.24, 2.45) is 0 Å². The summed E-state index contributed by atoms with van der Waals surface area (Å²) in [5.74, 6) is -0.874. The Morgan fingerprint density at radius 3 is 2.76 bits per heavy atom. The number of hydrogen-bond donors (Lipinski definition) is 0. The quantitative estimate of drug-likeness (QED) is 0.579. The fraction of sp³-hybridized carbons (Fsp3) is 0.235. The van der Waals surface area contributed by atoms with E-state index in [0.29, 0.717) is 6.61 Å². The zero-order valence-electron chi connectivity index (χ0n) is 13.6. The van der Waals surface area contributed by atoms with Crippen molar-refractivity contribution in [1.29, 1.82) is 5.26 Å². The highest BCUT2D eigenvalue weighted by Gasteiger charge is 2.21. The molecule has 0 spiro atoms. The number of carbonyl (C=O) groups is 2. The molecule has 2 aromatic rings. The predicted octanol–water partition coefficient (Wildman–Crippen LogP) is 2.88. The highest BCUT2D eigenvalue weighted by atomic mass is 35.5. The summed E-state index contributed by atoms with van der Waals surface area (Å²) < 4.78 is 15.6. The van der Waals surface area contributed by atoms with Gasteiger partial charge in [-0.2, -0.15) is 5.26 Å². The average molecular weight is 363 g/mol. The third-order valence-corrected chi connectivity index (χ3v) is 3.38. The van der Waals surface area contributed by atoms with Gasteiger partial charge in [0.15, 0.2) is 17.3 Å². The third kappa shape index (κ3) is 4.52. The number of nitriles is 1. The van der Waals surface area contributed by atoms with Gasteiger partial charge in [0.2, 0.25) is 0 Å². The number of furan rings is 1. The highest BCUT2D eigenvalue weighted by molar-refractivity contribution is 6.32. The number of amides is 1. The number of halogens is 1. The lowest BCUT2D eigenvalue weighted by Gasteiger charge is -2.16. The molecule has 7 nitrogen and oxygen atoms in total. The molecule has 8 heteroatoms. The van der Waals surface area contributed by atoms with Crippen LogP contribution in [-0.2, 0) is 4.79 Å². The van der Waals surface area contributed by atoms with Crippen molar-refractivity contribution in [1.82, 2.24) is 4.90 Å². The molecule has 1 heterocycles. The Labute approximate surface area is 149 Å². The Hall–Kier alpha value is -2.98. The third-order valence-electron chi connectivity index (χ3n) is 3.10. The minimum atomic E-state index is -0.713. The molecular formula is C17H15ClN2O5. The molecule has 0 aliphatic rings. The van der Waals surface area contributed by atoms with E-state index in [1.165, 1.54) is 31.5 Å². The van der Waals surface area contributed by atoms with Gasteiger partial charge in [0.1, 0.15) is 6.54 Å². The van der Waals surface area contributed by atoms with Crippen molar-refractivity contribution < 1.29 is 23.5 Å². The summed E-state index contributed by atoms with van der Waals surface area (Å²) in [4.78, 5) is 25.3. The maximum absolute atomic E-state index is 12.1. The average Bonchev–Trinajstić information content (AvgIpc) is 3.11. The molecule has 0 saturated carbocycles. The zero-order chi connectivity index (χ0) is 18.4. The Bertz CT molecular complexity index is 811. The Morgan fingerprint density at radius 2 is 2.16 bits per heavy atom. The van der Waals surface area contributed by atoms with Crippen molar-refractivity contribution >= 4 is 23.5 Å². The van der Waals surface area contributed by atoms with Crippen molar-refractivity contribution in [2.45, 2.75) is 6.92 Å². The molecule has 0 bridgehead atoms. The van der Waals surface area contributed by atoms with Gasteiger partial charge >= 0.3 is 5.97 Å². The van der Waals surface area contributed by atoms with Crippen LogP contribution in [0, 0.1) is 11.3 Å². The number of benzene rings is 1. The number of likely N-dealkylation sites (N-methyl/N-ethyl adjacent to an activating group) is 1. The van der Waals surface area contributed by atoms with Crippen LogP contribution >= 0.6 is 11.6 Å². The van der Waals surface area contributed by atoms with Gasteiger partial charge < -0.3 is 18.8 Å². The summed E-state index contributed by atoms with van der Waals surface area (Å²) >= 11 is 6.07. The van der Waals surface area contributed by atoms with E-state index in [9.17, 15) is 9.59 Å². The molecule has 1 aromatic carbocycles. The molecule has 0 radical (unpaired) electrons. The molecule has 130 valence electrons. The molecule has 0 atom stereocenters. The topological polar surface area (TPSA) is 92.8 Å². The molecule has 1 aromatic heterocycles. The standard InChI is InChI=1S/C17H15ClN2O5/c1-3-23-14-8-11(9-19)7-12(18)16(14)25-15(21)10-20(2)17(22)13-5-4-6-24-13/h4-8H,3,10H2,1-2H3. The fourth-order valence-corrected chi connectivity index (χ4v) is 2.24. The number of carbonyl (C=O) groups excluding carboxylic acids is 2. The largest absolute Gasteiger partial charge is 0.490 e. The molecule has 0 saturated heterocycles. The van der Waals surface area contributed by atoms with Gasteiger partial charge in [0.25, 0.3) is 5.91 Å². The molecule has 0 fully saturated rings. The molecule has 25 heavy (non-hydrogen) atoms. The maximum Gasteiger partial charge on any atom is 0.331 e. The maximum atomic E-state index is 12.1. The lowest BCUT2D eigenvalue weighted by molar-refractivity contribution is -0.135. The van der Waals surface area contributed by atoms with Gasteiger partial charge in [-0.05, 0) is 25.1 Å². The monoisotopic (exact) mass is 362 g/mol. The molecule has 2 rings (SSSR count). The minimum absolute atomic E-state index is 0.00589. The molecular weight excluding hydrogens is 348 g/mol. The van der Waals surface area contributed by atoms with Crippen LogP contribution in [0.2, 0.25) is 5.02 Å². The van der Waals surface area contributed by atoms with Gasteiger partial charge in [0, 0.05) is 13.1 Å². The number of rotatable bonds is 6. The normalized spacial score (nSPS) is 10.0. The molecule has 0 aliphatic heterocycles. The molecule has 1 amide bonds. The van der Waals surface area contributed by atoms with Gasteiger partial charge in [-0.1, -0.05) is 11.6 Å². The predicted molar refractivity (Wildman–Crippen MR) is 88.6 cm³/mol. The second-order valence-corrected chi connectivity index (χ2v) is 5.35. The van der Waals surface area contributed by atoms with Crippen molar-refractivity contribution in [3.05, 3.63) is 46.9 Å². The smallest absolute Gasteiger partial charge is 0.331 e. The second kappa shape index (κ2) is 8.22. The second-order valence-electron chi connectivity index (χ2n) is 4.94. The first-order valence-electron chi connectivity index (χ1n) is 7.32. The van der Waals surface area contributed by atoms with E-state index >= 15 is 0 Å². The van der Waals surface area contributed by atoms with Crippen LogP contribution in [0.3, 0.4) is 0 Å². The van der Waals surface area contributed by atoms with Gasteiger partial charge in [-0.25, -0.2) is 4.79 Å². The first-order chi connectivity index (χ1) is 12.0. The highest BCUT2D eigenvalue weighted by Crippen LogP contribution is 2.36. The Kier molecular flexibility index (Phi) is 6.03. The number of nitrogens with zero attached hydrogens (tertiary/aromatic N) is 2. The Balaban J connectivity index is 2.12. The first-order valence-corrected chi connectivity index (χ1v) is 7.70. The number of esters is 1. The van der Waals surface area contributed by atoms with Crippen LogP contribution in [0.5, 0.6) is 11.5 Å². The van der Waals surface area contributed by atoms with Gasteiger partial charge in [0.05, 0.1) is 29.5 Å². The van der Waals surface area contributed by atoms with E-state index in [1.54, 1.807) is 13.0 Å². The van der Waals surface area contributed by atoms with Gasteiger partial charge in [-0.15, -0.1) is 0 Å². The summed E-state index contributed by atoms with van der Waals surface area (Å²) in [5.41, 5.74) is 0.276. The summed E-state index contributed by atoms with van der Waals surface area (Å²) in [7, 11) is 1.44. The van der Waals surface area contributed by atoms with Crippen LogP contribution in [0.25, 0.3) is 0 Å². The number of hydrogen-bond acceptors (Lipinski definition) is 6. The first kappa shape index (κ1) is 18.4. The van der Waals surface area contributed by atoms with Crippen molar-refractivity contribution in [3.8, 4) is 17.6 Å². The lowest BCUT2D eigenvalue weighted by atomic mass is 10.2. The molecule has 0 aliphatic carbocycles. The van der Waals surface area contributed by atoms with E-state index < -0.39 is 11.9 Å². The van der Waals surface area contributed by atoms with E-state index in [2.05, 4.69) is 0 Å². The lowest BCUT2D eigenvalue weighted by Crippen LogP contribution is -2.34. The van der Waals surface area contributed by atoms with Crippen molar-refractivity contribution in [3.63, 3.8) is 0 Å². The minimum Gasteiger partial charge on any atom is -0.490 e.